The lowest BCUT2D eigenvalue weighted by molar-refractivity contribution is 0.0712. The number of likely N-dealkylation sites (tertiary alicyclic amines) is 1. The van der Waals surface area contributed by atoms with Crippen molar-refractivity contribution < 1.29 is 14.0 Å². The van der Waals surface area contributed by atoms with Crippen molar-refractivity contribution in [3.05, 3.63) is 52.6 Å². The monoisotopic (exact) mass is 357 g/mol. The van der Waals surface area contributed by atoms with Crippen LogP contribution in [0.25, 0.3) is 0 Å². The van der Waals surface area contributed by atoms with Gasteiger partial charge in [-0.2, -0.15) is 0 Å². The van der Waals surface area contributed by atoms with E-state index >= 15 is 0 Å². The molecule has 2 heterocycles. The molecule has 0 saturated carbocycles. The van der Waals surface area contributed by atoms with Gasteiger partial charge in [-0.05, 0) is 63.4 Å². The van der Waals surface area contributed by atoms with Gasteiger partial charge in [0.2, 0.25) is 0 Å². The predicted octanol–water partition coefficient (Wildman–Crippen LogP) is 3.69. The van der Waals surface area contributed by atoms with E-state index in [2.05, 4.69) is 10.3 Å². The zero-order chi connectivity index (χ0) is 18.8. The number of ketones is 1. The summed E-state index contributed by atoms with van der Waals surface area (Å²) in [6.45, 7) is 6.44. The second-order valence-corrected chi connectivity index (χ2v) is 6.90. The minimum Gasteiger partial charge on any atom is -0.382 e. The number of H-pyrrole nitrogens is 1. The maximum Gasteiger partial charge on any atom is 0.270 e. The van der Waals surface area contributed by atoms with Crippen LogP contribution in [0.5, 0.6) is 0 Å². The van der Waals surface area contributed by atoms with Crippen molar-refractivity contribution in [2.45, 2.75) is 39.7 Å². The van der Waals surface area contributed by atoms with E-state index in [1.54, 1.807) is 12.1 Å². The van der Waals surface area contributed by atoms with Gasteiger partial charge in [-0.1, -0.05) is 0 Å². The third-order valence-corrected chi connectivity index (χ3v) is 5.00. The molecule has 1 aromatic carbocycles. The molecule has 0 spiro atoms. The molecule has 0 radical (unpaired) electrons. The van der Waals surface area contributed by atoms with Crippen molar-refractivity contribution in [1.29, 1.82) is 0 Å². The highest BCUT2D eigenvalue weighted by Crippen LogP contribution is 2.23. The van der Waals surface area contributed by atoms with Crippen LogP contribution in [0, 0.1) is 19.7 Å². The summed E-state index contributed by atoms with van der Waals surface area (Å²) < 4.78 is 13.0. The van der Waals surface area contributed by atoms with Crippen molar-refractivity contribution in [2.75, 3.05) is 18.4 Å². The molecule has 5 nitrogen and oxygen atoms in total. The summed E-state index contributed by atoms with van der Waals surface area (Å²) in [6.07, 6.45) is 1.64. The maximum atomic E-state index is 13.0. The number of amides is 1. The van der Waals surface area contributed by atoms with Crippen LogP contribution in [0.15, 0.2) is 24.3 Å². The molecule has 26 heavy (non-hydrogen) atoms. The molecule has 0 atom stereocenters. The Kier molecular flexibility index (Phi) is 5.11. The Labute approximate surface area is 152 Å². The van der Waals surface area contributed by atoms with Gasteiger partial charge < -0.3 is 15.2 Å². The van der Waals surface area contributed by atoms with Gasteiger partial charge in [0.15, 0.2) is 5.78 Å². The number of Topliss-reactive ketones (excluding diaryl/α,β-unsaturated/α-hetero) is 1. The normalized spacial score (nSPS) is 15.2. The number of rotatable bonds is 4. The van der Waals surface area contributed by atoms with E-state index in [1.807, 2.05) is 18.7 Å². The molecule has 0 unspecified atom stereocenters. The van der Waals surface area contributed by atoms with Crippen LogP contribution in [0.1, 0.15) is 51.9 Å². The Hall–Kier alpha value is -2.63. The molecule has 0 aliphatic carbocycles. The Morgan fingerprint density at radius 1 is 1.15 bits per heavy atom. The van der Waals surface area contributed by atoms with Gasteiger partial charge in [-0.25, -0.2) is 4.39 Å². The van der Waals surface area contributed by atoms with Crippen LogP contribution in [0.4, 0.5) is 10.1 Å². The lowest BCUT2D eigenvalue weighted by Gasteiger charge is -2.33. The molecule has 1 fully saturated rings. The number of carbonyl (C=O) groups excluding carboxylic acids is 2. The second kappa shape index (κ2) is 7.32. The van der Waals surface area contributed by atoms with Crippen LogP contribution >= 0.6 is 0 Å². The molecule has 1 aliphatic rings. The quantitative estimate of drug-likeness (QED) is 0.820. The smallest absolute Gasteiger partial charge is 0.270 e. The molecule has 6 heteroatoms. The van der Waals surface area contributed by atoms with Crippen molar-refractivity contribution in [3.63, 3.8) is 0 Å². The Morgan fingerprint density at radius 2 is 1.77 bits per heavy atom. The van der Waals surface area contributed by atoms with Crippen LogP contribution < -0.4 is 5.32 Å². The number of aromatic nitrogens is 1. The minimum absolute atomic E-state index is 0.0301. The van der Waals surface area contributed by atoms with Gasteiger partial charge in [0, 0.05) is 36.1 Å². The number of nitrogens with one attached hydrogen (secondary N) is 2. The fourth-order valence-corrected chi connectivity index (χ4v) is 3.66. The number of piperidine rings is 1. The number of aryl methyl sites for hydroxylation is 1. The lowest BCUT2D eigenvalue weighted by atomic mass is 10.0. The molecule has 1 amide bonds. The summed E-state index contributed by atoms with van der Waals surface area (Å²) in [6, 6.07) is 6.57. The number of carbonyl (C=O) groups is 2. The minimum atomic E-state index is -0.252. The van der Waals surface area contributed by atoms with E-state index in [-0.39, 0.29) is 23.5 Å². The van der Waals surface area contributed by atoms with E-state index in [0.717, 1.165) is 29.8 Å². The summed E-state index contributed by atoms with van der Waals surface area (Å²) in [7, 11) is 0. The largest absolute Gasteiger partial charge is 0.382 e. The second-order valence-electron chi connectivity index (χ2n) is 6.90. The topological polar surface area (TPSA) is 65.2 Å². The number of hydrogen-bond donors (Lipinski definition) is 2. The molecular formula is C20H24FN3O2. The summed E-state index contributed by atoms with van der Waals surface area (Å²) in [5, 5.41) is 3.39. The average molecular weight is 357 g/mol. The van der Waals surface area contributed by atoms with Gasteiger partial charge >= 0.3 is 0 Å². The van der Waals surface area contributed by atoms with E-state index < -0.39 is 0 Å². The third kappa shape index (κ3) is 3.64. The van der Waals surface area contributed by atoms with Gasteiger partial charge in [-0.3, -0.25) is 9.59 Å². The number of nitrogens with zero attached hydrogens (tertiary/aromatic N) is 1. The fourth-order valence-electron chi connectivity index (χ4n) is 3.66. The molecular weight excluding hydrogens is 333 g/mol. The molecule has 138 valence electrons. The van der Waals surface area contributed by atoms with Gasteiger partial charge in [0.1, 0.15) is 11.5 Å². The third-order valence-electron chi connectivity index (χ3n) is 5.00. The number of aromatic amines is 1. The SMILES string of the molecule is CC(=O)c1c(C)[nH]c(C(=O)N2CCC(Nc3ccc(F)cc3)CC2)c1C. The zero-order valence-corrected chi connectivity index (χ0v) is 15.4. The van der Waals surface area contributed by atoms with Crippen LogP contribution in [0.2, 0.25) is 0 Å². The first-order valence-corrected chi connectivity index (χ1v) is 8.88. The van der Waals surface area contributed by atoms with E-state index in [1.165, 1.54) is 19.1 Å². The van der Waals surface area contributed by atoms with Crippen molar-refractivity contribution in [3.8, 4) is 0 Å². The summed E-state index contributed by atoms with van der Waals surface area (Å²) in [5.74, 6) is -0.339. The maximum absolute atomic E-state index is 13.0. The molecule has 2 aromatic rings. The molecule has 1 aromatic heterocycles. The molecule has 0 bridgehead atoms. The van der Waals surface area contributed by atoms with Crippen LogP contribution in [0.3, 0.4) is 0 Å². The first-order valence-electron chi connectivity index (χ1n) is 8.88. The summed E-state index contributed by atoms with van der Waals surface area (Å²) in [4.78, 5) is 29.5. The van der Waals surface area contributed by atoms with Gasteiger partial charge in [0.05, 0.1) is 0 Å². The molecule has 1 saturated heterocycles. The summed E-state index contributed by atoms with van der Waals surface area (Å²) >= 11 is 0. The van der Waals surface area contributed by atoms with Gasteiger partial charge in [-0.15, -0.1) is 0 Å². The van der Waals surface area contributed by atoms with E-state index in [0.29, 0.717) is 24.3 Å². The first-order chi connectivity index (χ1) is 12.4. The number of halogens is 1. The van der Waals surface area contributed by atoms with E-state index in [4.69, 9.17) is 0 Å². The predicted molar refractivity (Wildman–Crippen MR) is 99.2 cm³/mol. The van der Waals surface area contributed by atoms with Crippen LogP contribution in [-0.2, 0) is 0 Å². The van der Waals surface area contributed by atoms with Crippen molar-refractivity contribution in [2.24, 2.45) is 0 Å². The highest BCUT2D eigenvalue weighted by atomic mass is 19.1. The van der Waals surface area contributed by atoms with E-state index in [9.17, 15) is 14.0 Å². The zero-order valence-electron chi connectivity index (χ0n) is 15.4. The highest BCUT2D eigenvalue weighted by Gasteiger charge is 2.27. The Morgan fingerprint density at radius 3 is 2.31 bits per heavy atom. The molecule has 1 aliphatic heterocycles. The van der Waals surface area contributed by atoms with Gasteiger partial charge in [0.25, 0.3) is 5.91 Å². The molecule has 2 N–H and O–H groups in total. The van der Waals surface area contributed by atoms with Crippen LogP contribution in [-0.4, -0.2) is 40.7 Å². The Bertz CT molecular complexity index is 818. The summed E-state index contributed by atoms with van der Waals surface area (Å²) in [5.41, 5.74) is 3.48. The number of benzene rings is 1. The number of anilines is 1. The highest BCUT2D eigenvalue weighted by molar-refractivity contribution is 6.02. The molecule has 3 rings (SSSR count). The van der Waals surface area contributed by atoms with Crippen molar-refractivity contribution in [1.82, 2.24) is 9.88 Å². The standard InChI is InChI=1S/C20H24FN3O2/c1-12-18(14(3)25)13(2)22-19(12)20(26)24-10-8-17(9-11-24)23-16-6-4-15(21)5-7-16/h4-7,17,22-23H,8-11H2,1-3H3. The fraction of sp³-hybridized carbons (Fsp3) is 0.400. The lowest BCUT2D eigenvalue weighted by Crippen LogP contribution is -2.42. The average Bonchev–Trinajstić information content (AvgIpc) is 2.91. The Balaban J connectivity index is 1.63. The van der Waals surface area contributed by atoms with Crippen molar-refractivity contribution >= 4 is 17.4 Å². The first kappa shape index (κ1) is 18.2. The number of hydrogen-bond acceptors (Lipinski definition) is 3.